The quantitative estimate of drug-likeness (QED) is 0.375. The Morgan fingerprint density at radius 1 is 1.20 bits per heavy atom. The third kappa shape index (κ3) is 6.40. The predicted molar refractivity (Wildman–Crippen MR) is 94.0 cm³/mol. The third-order valence-electron chi connectivity index (χ3n) is 3.52. The summed E-state index contributed by atoms with van der Waals surface area (Å²) in [6.45, 7) is 1.12. The van der Waals surface area contributed by atoms with Crippen molar-refractivity contribution in [2.45, 2.75) is 6.54 Å². The number of rotatable bonds is 6. The summed E-state index contributed by atoms with van der Waals surface area (Å²) >= 11 is 0. The van der Waals surface area contributed by atoms with Gasteiger partial charge in [0.05, 0.1) is 6.54 Å². The van der Waals surface area contributed by atoms with Crippen molar-refractivity contribution < 1.29 is 26.3 Å². The number of nitriles is 1. The van der Waals surface area contributed by atoms with Crippen LogP contribution < -0.4 is 31.8 Å². The lowest BCUT2D eigenvalue weighted by molar-refractivity contribution is -0.694. The van der Waals surface area contributed by atoms with Gasteiger partial charge in [-0.05, 0) is 23.8 Å². The number of halogens is 1. The van der Waals surface area contributed by atoms with Crippen molar-refractivity contribution in [1.29, 1.82) is 5.26 Å². The number of nitrogens with one attached hydrogen (secondary N) is 1. The maximum atomic E-state index is 12.1. The summed E-state index contributed by atoms with van der Waals surface area (Å²) in [4.78, 5) is 14.1. The SMILES string of the molecule is CN(C)c1ccc(C=C(C#N)C(=O)NCC[n+]2ccccc2)cc1.[Br-]. The van der Waals surface area contributed by atoms with E-state index >= 15 is 0 Å². The standard InChI is InChI=1S/C19H20N4O.BrH/c1-22(2)18-8-6-16(7-9-18)14-17(15-20)19(24)21-10-13-23-11-4-3-5-12-23;/h3-9,11-12,14H,10,13H2,1-2H3;1H. The number of hydrogen-bond acceptors (Lipinski definition) is 3. The molecular weight excluding hydrogens is 380 g/mol. The summed E-state index contributed by atoms with van der Waals surface area (Å²) in [6, 6.07) is 15.4. The molecule has 0 unspecified atom stereocenters. The van der Waals surface area contributed by atoms with Gasteiger partial charge in [-0.3, -0.25) is 4.79 Å². The summed E-state index contributed by atoms with van der Waals surface area (Å²) in [7, 11) is 3.92. The molecule has 0 spiro atoms. The van der Waals surface area contributed by atoms with Gasteiger partial charge in [-0.25, -0.2) is 4.57 Å². The highest BCUT2D eigenvalue weighted by Crippen LogP contribution is 2.14. The van der Waals surface area contributed by atoms with Crippen LogP contribution in [0, 0.1) is 11.3 Å². The second-order valence-electron chi connectivity index (χ2n) is 5.52. The summed E-state index contributed by atoms with van der Waals surface area (Å²) in [5.74, 6) is -0.356. The number of pyridine rings is 1. The Hall–Kier alpha value is -2.65. The van der Waals surface area contributed by atoms with Crippen LogP contribution in [0.25, 0.3) is 6.08 Å². The molecule has 1 amide bonds. The van der Waals surface area contributed by atoms with Gasteiger partial charge in [0.15, 0.2) is 18.9 Å². The molecule has 1 aromatic heterocycles. The lowest BCUT2D eigenvalue weighted by Crippen LogP contribution is -3.00. The molecule has 0 aliphatic heterocycles. The molecule has 2 rings (SSSR count). The molecule has 1 N–H and O–H groups in total. The highest BCUT2D eigenvalue weighted by Gasteiger charge is 2.09. The number of aromatic nitrogens is 1. The van der Waals surface area contributed by atoms with Crippen LogP contribution in [0.2, 0.25) is 0 Å². The van der Waals surface area contributed by atoms with Gasteiger partial charge in [-0.15, -0.1) is 0 Å². The molecule has 5 nitrogen and oxygen atoms in total. The maximum Gasteiger partial charge on any atom is 0.262 e. The molecule has 0 bridgehead atoms. The number of carbonyl (C=O) groups is 1. The second kappa shape index (κ2) is 10.3. The highest BCUT2D eigenvalue weighted by molar-refractivity contribution is 6.01. The zero-order valence-corrected chi connectivity index (χ0v) is 15.9. The van der Waals surface area contributed by atoms with Crippen LogP contribution in [0.15, 0.2) is 60.4 Å². The minimum absolute atomic E-state index is 0. The van der Waals surface area contributed by atoms with Gasteiger partial charge in [0.1, 0.15) is 11.6 Å². The Morgan fingerprint density at radius 2 is 1.84 bits per heavy atom. The predicted octanol–water partition coefficient (Wildman–Crippen LogP) is -1.23. The van der Waals surface area contributed by atoms with Crippen LogP contribution in [0.5, 0.6) is 0 Å². The van der Waals surface area contributed by atoms with E-state index in [2.05, 4.69) is 5.32 Å². The minimum Gasteiger partial charge on any atom is -1.00 e. The van der Waals surface area contributed by atoms with Crippen molar-refractivity contribution in [3.8, 4) is 6.07 Å². The van der Waals surface area contributed by atoms with E-state index in [1.165, 1.54) is 0 Å². The summed E-state index contributed by atoms with van der Waals surface area (Å²) in [5, 5.41) is 12.0. The van der Waals surface area contributed by atoms with Crippen LogP contribution >= 0.6 is 0 Å². The zero-order chi connectivity index (χ0) is 17.4. The Kier molecular flexibility index (Phi) is 8.37. The number of hydrogen-bond donors (Lipinski definition) is 1. The van der Waals surface area contributed by atoms with E-state index in [9.17, 15) is 10.1 Å². The number of amides is 1. The van der Waals surface area contributed by atoms with E-state index < -0.39 is 0 Å². The number of carbonyl (C=O) groups excluding carboxylic acids is 1. The summed E-state index contributed by atoms with van der Waals surface area (Å²) in [6.07, 6.45) is 5.46. The molecule has 6 heteroatoms. The molecule has 25 heavy (non-hydrogen) atoms. The van der Waals surface area contributed by atoms with Gasteiger partial charge in [-0.1, -0.05) is 18.2 Å². The van der Waals surface area contributed by atoms with Gasteiger partial charge in [0.2, 0.25) is 0 Å². The normalized spacial score (nSPS) is 10.4. The monoisotopic (exact) mass is 400 g/mol. The topological polar surface area (TPSA) is 60.0 Å². The average Bonchev–Trinajstić information content (AvgIpc) is 2.60. The van der Waals surface area contributed by atoms with Crippen LogP contribution in [0.3, 0.4) is 0 Å². The molecule has 0 radical (unpaired) electrons. The first kappa shape index (κ1) is 20.4. The number of nitrogens with zero attached hydrogens (tertiary/aromatic N) is 3. The fraction of sp³-hybridized carbons (Fsp3) is 0.211. The van der Waals surface area contributed by atoms with Gasteiger partial charge in [0.25, 0.3) is 5.91 Å². The molecule has 1 aromatic carbocycles. The largest absolute Gasteiger partial charge is 1.00 e. The van der Waals surface area contributed by atoms with Crippen molar-refractivity contribution in [2.24, 2.45) is 0 Å². The van der Waals surface area contributed by atoms with Crippen molar-refractivity contribution in [1.82, 2.24) is 5.32 Å². The van der Waals surface area contributed by atoms with Crippen molar-refractivity contribution in [3.63, 3.8) is 0 Å². The lowest BCUT2D eigenvalue weighted by atomic mass is 10.1. The van der Waals surface area contributed by atoms with Gasteiger partial charge in [0, 0.05) is 31.9 Å². The maximum absolute atomic E-state index is 12.1. The zero-order valence-electron chi connectivity index (χ0n) is 14.3. The molecule has 0 atom stereocenters. The van der Waals surface area contributed by atoms with Crippen molar-refractivity contribution in [2.75, 3.05) is 25.5 Å². The first-order valence-electron chi connectivity index (χ1n) is 7.71. The van der Waals surface area contributed by atoms with Crippen molar-refractivity contribution >= 4 is 17.7 Å². The summed E-state index contributed by atoms with van der Waals surface area (Å²) in [5.41, 5.74) is 1.99. The first-order chi connectivity index (χ1) is 11.6. The van der Waals surface area contributed by atoms with Crippen molar-refractivity contribution in [3.05, 3.63) is 66.0 Å². The number of benzene rings is 1. The molecule has 0 saturated carbocycles. The Morgan fingerprint density at radius 3 is 2.40 bits per heavy atom. The van der Waals surface area contributed by atoms with Gasteiger partial charge in [-0.2, -0.15) is 5.26 Å². The Bertz CT molecular complexity index is 749. The number of anilines is 1. The molecule has 0 fully saturated rings. The molecule has 130 valence electrons. The Balaban J connectivity index is 0.00000312. The Labute approximate surface area is 159 Å². The average molecular weight is 401 g/mol. The second-order valence-corrected chi connectivity index (χ2v) is 5.52. The van der Waals surface area contributed by atoms with E-state index in [0.29, 0.717) is 13.1 Å². The van der Waals surface area contributed by atoms with Crippen LogP contribution in [0.1, 0.15) is 5.56 Å². The molecule has 0 aliphatic rings. The fourth-order valence-corrected chi connectivity index (χ4v) is 2.16. The summed E-state index contributed by atoms with van der Waals surface area (Å²) < 4.78 is 1.97. The van der Waals surface area contributed by atoms with E-state index in [4.69, 9.17) is 0 Å². The molecule has 0 aliphatic carbocycles. The van der Waals surface area contributed by atoms with Crippen LogP contribution in [-0.4, -0.2) is 26.5 Å². The third-order valence-corrected chi connectivity index (χ3v) is 3.52. The molecule has 2 aromatic rings. The lowest BCUT2D eigenvalue weighted by Gasteiger charge is -2.11. The van der Waals surface area contributed by atoms with Gasteiger partial charge < -0.3 is 27.2 Å². The molecular formula is C19H21BrN4O. The highest BCUT2D eigenvalue weighted by atomic mass is 79.9. The smallest absolute Gasteiger partial charge is 0.262 e. The van der Waals surface area contributed by atoms with Crippen LogP contribution in [0.4, 0.5) is 5.69 Å². The van der Waals surface area contributed by atoms with E-state index in [-0.39, 0.29) is 28.5 Å². The van der Waals surface area contributed by atoms with Crippen LogP contribution in [-0.2, 0) is 11.3 Å². The first-order valence-corrected chi connectivity index (χ1v) is 7.71. The van der Waals surface area contributed by atoms with E-state index in [1.807, 2.05) is 84.5 Å². The molecule has 0 saturated heterocycles. The fourth-order valence-electron chi connectivity index (χ4n) is 2.16. The van der Waals surface area contributed by atoms with E-state index in [0.717, 1.165) is 11.3 Å². The van der Waals surface area contributed by atoms with Gasteiger partial charge >= 0.3 is 0 Å². The minimum atomic E-state index is -0.356. The molecule has 1 heterocycles. The van der Waals surface area contributed by atoms with E-state index in [1.54, 1.807) is 6.08 Å².